The summed E-state index contributed by atoms with van der Waals surface area (Å²) >= 11 is 0. The number of hydrogen-bond donors (Lipinski definition) is 2. The van der Waals surface area contributed by atoms with Crippen molar-refractivity contribution >= 4 is 17.8 Å². The lowest BCUT2D eigenvalue weighted by atomic mass is 9.70. The van der Waals surface area contributed by atoms with Gasteiger partial charge in [-0.15, -0.1) is 6.58 Å². The van der Waals surface area contributed by atoms with Crippen molar-refractivity contribution in [1.29, 1.82) is 0 Å². The molecule has 2 bridgehead atoms. The van der Waals surface area contributed by atoms with Crippen LogP contribution in [-0.2, 0) is 25.7 Å². The van der Waals surface area contributed by atoms with E-state index in [-0.39, 0.29) is 25.0 Å². The minimum Gasteiger partial charge on any atom is -0.481 e. The lowest BCUT2D eigenvalue weighted by Gasteiger charge is -2.36. The average Bonchev–Trinajstić information content (AvgIpc) is 3.42. The molecule has 3 heterocycles. The van der Waals surface area contributed by atoms with Crippen molar-refractivity contribution in [2.24, 2.45) is 11.8 Å². The number of fused-ring (bicyclic) bond motifs is 1. The number of aliphatic hydroxyl groups excluding tert-OH is 1. The van der Waals surface area contributed by atoms with Crippen molar-refractivity contribution in [3.63, 3.8) is 0 Å². The Morgan fingerprint density at radius 3 is 2.69 bits per heavy atom. The average molecular weight is 443 g/mol. The lowest BCUT2D eigenvalue weighted by molar-refractivity contribution is -0.151. The third-order valence-electron chi connectivity index (χ3n) is 7.00. The molecule has 1 aromatic rings. The molecule has 0 aliphatic carbocycles. The van der Waals surface area contributed by atoms with Crippen LogP contribution < -0.4 is 0 Å². The molecule has 2 amide bonds. The van der Waals surface area contributed by atoms with E-state index in [0.29, 0.717) is 38.8 Å². The van der Waals surface area contributed by atoms with E-state index in [0.717, 1.165) is 5.56 Å². The minimum atomic E-state index is -1.11. The minimum absolute atomic E-state index is 0.0118. The fraction of sp³-hybridized carbons (Fsp3) is 0.542. The van der Waals surface area contributed by atoms with Crippen LogP contribution in [0.15, 0.2) is 43.0 Å². The highest BCUT2D eigenvalue weighted by molar-refractivity contribution is 5.98. The fourth-order valence-corrected chi connectivity index (χ4v) is 5.71. The van der Waals surface area contributed by atoms with Gasteiger partial charge in [-0.1, -0.05) is 36.4 Å². The third-order valence-corrected chi connectivity index (χ3v) is 7.00. The van der Waals surface area contributed by atoms with Crippen molar-refractivity contribution < 1.29 is 29.3 Å². The summed E-state index contributed by atoms with van der Waals surface area (Å²) in [7, 11) is 0. The van der Waals surface area contributed by atoms with Crippen LogP contribution in [0.3, 0.4) is 0 Å². The second-order valence-electron chi connectivity index (χ2n) is 8.85. The Labute approximate surface area is 187 Å². The second kappa shape index (κ2) is 9.03. The summed E-state index contributed by atoms with van der Waals surface area (Å²) in [6, 6.07) is 8.70. The van der Waals surface area contributed by atoms with Crippen molar-refractivity contribution in [2.45, 2.75) is 50.0 Å². The molecule has 0 saturated carbocycles. The maximum Gasteiger partial charge on any atom is 0.310 e. The van der Waals surface area contributed by atoms with Crippen LogP contribution in [0, 0.1) is 11.8 Å². The van der Waals surface area contributed by atoms with Gasteiger partial charge in [0.25, 0.3) is 0 Å². The fourth-order valence-electron chi connectivity index (χ4n) is 5.71. The van der Waals surface area contributed by atoms with Gasteiger partial charge < -0.3 is 24.7 Å². The molecular formula is C24H30N2O6. The summed E-state index contributed by atoms with van der Waals surface area (Å²) in [5.74, 6) is -3.42. The van der Waals surface area contributed by atoms with E-state index in [9.17, 15) is 24.6 Å². The zero-order chi connectivity index (χ0) is 22.9. The van der Waals surface area contributed by atoms with Gasteiger partial charge in [-0.25, -0.2) is 0 Å². The highest BCUT2D eigenvalue weighted by Crippen LogP contribution is 2.58. The van der Waals surface area contributed by atoms with Crippen LogP contribution in [0.1, 0.15) is 31.2 Å². The van der Waals surface area contributed by atoms with E-state index in [4.69, 9.17) is 4.74 Å². The van der Waals surface area contributed by atoms with Crippen LogP contribution in [0.5, 0.6) is 0 Å². The zero-order valence-electron chi connectivity index (χ0n) is 18.1. The SMILES string of the molecule is C=CCN(Cc1ccccc1)C(=O)C1N(CCCCO)C(=O)[C@@H]2[C@H](C(=O)O)[C@@H]3CCC12O3. The number of aliphatic carboxylic acids is 1. The number of carbonyl (C=O) groups excluding carboxylic acids is 2. The number of rotatable bonds is 10. The molecule has 5 atom stereocenters. The third kappa shape index (κ3) is 3.61. The number of likely N-dealkylation sites (tertiary alicyclic amines) is 1. The number of ether oxygens (including phenoxy) is 1. The predicted molar refractivity (Wildman–Crippen MR) is 115 cm³/mol. The van der Waals surface area contributed by atoms with Gasteiger partial charge in [-0.05, 0) is 31.2 Å². The molecule has 8 nitrogen and oxygen atoms in total. The molecule has 3 aliphatic heterocycles. The molecule has 2 N–H and O–H groups in total. The number of hydrogen-bond acceptors (Lipinski definition) is 5. The summed E-state index contributed by atoms with van der Waals surface area (Å²) < 4.78 is 6.21. The van der Waals surface area contributed by atoms with Crippen molar-refractivity contribution in [3.8, 4) is 0 Å². The summed E-state index contributed by atoms with van der Waals surface area (Å²) in [6.45, 7) is 4.71. The molecule has 172 valence electrons. The molecule has 3 saturated heterocycles. The number of carboxylic acid groups (broad SMARTS) is 1. The molecule has 0 radical (unpaired) electrons. The first-order chi connectivity index (χ1) is 15.4. The van der Waals surface area contributed by atoms with Gasteiger partial charge in [0.2, 0.25) is 11.8 Å². The Morgan fingerprint density at radius 2 is 2.03 bits per heavy atom. The number of carbonyl (C=O) groups is 3. The summed E-state index contributed by atoms with van der Waals surface area (Å²) in [5.41, 5.74) is -0.162. The van der Waals surface area contributed by atoms with Crippen LogP contribution in [0.25, 0.3) is 0 Å². The zero-order valence-corrected chi connectivity index (χ0v) is 18.1. The van der Waals surface area contributed by atoms with Crippen LogP contribution in [-0.4, -0.2) is 75.2 Å². The Morgan fingerprint density at radius 1 is 1.28 bits per heavy atom. The molecule has 4 rings (SSSR count). The van der Waals surface area contributed by atoms with Gasteiger partial charge >= 0.3 is 5.97 Å². The van der Waals surface area contributed by atoms with Crippen LogP contribution in [0.2, 0.25) is 0 Å². The van der Waals surface area contributed by atoms with E-state index < -0.39 is 35.6 Å². The van der Waals surface area contributed by atoms with Gasteiger partial charge in [-0.2, -0.15) is 0 Å². The van der Waals surface area contributed by atoms with Crippen molar-refractivity contribution in [2.75, 3.05) is 19.7 Å². The maximum atomic E-state index is 13.9. The maximum absolute atomic E-state index is 13.9. The predicted octanol–water partition coefficient (Wildman–Crippen LogP) is 1.43. The van der Waals surface area contributed by atoms with Crippen LogP contribution >= 0.6 is 0 Å². The first-order valence-corrected chi connectivity index (χ1v) is 11.2. The van der Waals surface area contributed by atoms with E-state index in [1.54, 1.807) is 11.0 Å². The molecule has 0 aromatic heterocycles. The van der Waals surface area contributed by atoms with Gasteiger partial charge in [-0.3, -0.25) is 14.4 Å². The number of benzene rings is 1. The Kier molecular flexibility index (Phi) is 6.35. The first kappa shape index (κ1) is 22.5. The van der Waals surface area contributed by atoms with Gasteiger partial charge in [0.05, 0.1) is 17.9 Å². The number of carboxylic acids is 1. The quantitative estimate of drug-likeness (QED) is 0.419. The van der Waals surface area contributed by atoms with Gasteiger partial charge in [0.15, 0.2) is 0 Å². The number of aliphatic hydroxyl groups is 1. The summed E-state index contributed by atoms with van der Waals surface area (Å²) in [5, 5.41) is 19.0. The van der Waals surface area contributed by atoms with E-state index in [1.807, 2.05) is 30.3 Å². The molecule has 1 aromatic carbocycles. The Balaban J connectivity index is 1.69. The molecule has 2 unspecified atom stereocenters. The van der Waals surface area contributed by atoms with Gasteiger partial charge in [0, 0.05) is 26.2 Å². The van der Waals surface area contributed by atoms with E-state index in [1.165, 1.54) is 4.90 Å². The summed E-state index contributed by atoms with van der Waals surface area (Å²) in [6.07, 6.45) is 3.13. The Bertz CT molecular complexity index is 890. The molecule has 1 spiro atoms. The smallest absolute Gasteiger partial charge is 0.310 e. The van der Waals surface area contributed by atoms with Crippen molar-refractivity contribution in [3.05, 3.63) is 48.6 Å². The Hall–Kier alpha value is -2.71. The molecule has 32 heavy (non-hydrogen) atoms. The standard InChI is InChI=1S/C24H30N2O6/c1-2-12-25(15-16-8-4-3-5-9-16)22(29)20-24-11-10-17(32-24)18(23(30)31)19(24)21(28)26(20)13-6-7-14-27/h2-5,8-9,17-20,27H,1,6-7,10-15H2,(H,30,31)/t17-,18+,19-,20?,24?/m0/s1. The number of unbranched alkanes of at least 4 members (excludes halogenated alkanes) is 1. The molecule has 3 fully saturated rings. The lowest BCUT2D eigenvalue weighted by Crippen LogP contribution is -2.56. The monoisotopic (exact) mass is 442 g/mol. The molecule has 8 heteroatoms. The van der Waals surface area contributed by atoms with E-state index in [2.05, 4.69) is 6.58 Å². The van der Waals surface area contributed by atoms with Gasteiger partial charge in [0.1, 0.15) is 11.6 Å². The van der Waals surface area contributed by atoms with E-state index >= 15 is 0 Å². The second-order valence-corrected chi connectivity index (χ2v) is 8.85. The molecule has 3 aliphatic rings. The topological polar surface area (TPSA) is 107 Å². The normalized spacial score (nSPS) is 30.4. The summed E-state index contributed by atoms with van der Waals surface area (Å²) in [4.78, 5) is 42.6. The highest BCUT2D eigenvalue weighted by Gasteiger charge is 2.74. The van der Waals surface area contributed by atoms with Crippen LogP contribution in [0.4, 0.5) is 0 Å². The van der Waals surface area contributed by atoms with Crippen molar-refractivity contribution in [1.82, 2.24) is 9.80 Å². The first-order valence-electron chi connectivity index (χ1n) is 11.2. The number of nitrogens with zero attached hydrogens (tertiary/aromatic N) is 2. The largest absolute Gasteiger partial charge is 0.481 e. The number of amides is 2. The highest BCUT2D eigenvalue weighted by atomic mass is 16.5. The molecular weight excluding hydrogens is 412 g/mol.